The van der Waals surface area contributed by atoms with E-state index in [0.29, 0.717) is 23.4 Å². The molecule has 0 N–H and O–H groups in total. The van der Waals surface area contributed by atoms with Crippen LogP contribution in [0.2, 0.25) is 0 Å². The van der Waals surface area contributed by atoms with Crippen LogP contribution in [0.15, 0.2) is 206 Å². The predicted octanol–water partition coefficient (Wildman–Crippen LogP) is 16.5. The van der Waals surface area contributed by atoms with Crippen molar-refractivity contribution < 1.29 is 4.74 Å². The molecule has 13 rings (SSSR count). The fraction of sp³-hybridized carbons (Fsp3) is 0.0806. The van der Waals surface area contributed by atoms with Gasteiger partial charge in [0.1, 0.15) is 11.5 Å². The van der Waals surface area contributed by atoms with Gasteiger partial charge in [0.05, 0.1) is 5.41 Å². The number of hydrogen-bond acceptors (Lipinski definition) is 5. The third-order valence-electron chi connectivity index (χ3n) is 14.0. The van der Waals surface area contributed by atoms with Crippen molar-refractivity contribution in [2.75, 3.05) is 0 Å². The molecule has 11 aromatic rings. The zero-order valence-electron chi connectivity index (χ0n) is 36.9. The molecular weight excluding hydrogens is 835 g/mol. The van der Waals surface area contributed by atoms with Crippen molar-refractivity contribution in [3.63, 3.8) is 0 Å². The summed E-state index contributed by atoms with van der Waals surface area (Å²) in [5.74, 6) is 4.03. The molecule has 0 radical (unpaired) electrons. The van der Waals surface area contributed by atoms with Gasteiger partial charge in [0, 0.05) is 37.4 Å². The number of nitrogens with zero attached hydrogens (tertiary/aromatic N) is 3. The Labute approximate surface area is 393 Å². The highest BCUT2D eigenvalue weighted by Crippen LogP contribution is 2.56. The van der Waals surface area contributed by atoms with E-state index in [4.69, 9.17) is 19.7 Å². The summed E-state index contributed by atoms with van der Waals surface area (Å²) in [5, 5.41) is 6.13. The zero-order valence-corrected chi connectivity index (χ0v) is 37.7. The molecule has 0 amide bonds. The highest BCUT2D eigenvalue weighted by atomic mass is 32.1. The molecule has 2 aromatic heterocycles. The molecule has 3 heterocycles. The molecule has 67 heavy (non-hydrogen) atoms. The molecule has 1 aliphatic carbocycles. The van der Waals surface area contributed by atoms with Crippen molar-refractivity contribution in [3.05, 3.63) is 239 Å². The first-order valence-corrected chi connectivity index (χ1v) is 24.0. The lowest BCUT2D eigenvalue weighted by Gasteiger charge is -2.42. The van der Waals surface area contributed by atoms with E-state index in [-0.39, 0.29) is 0 Å². The average molecular weight is 878 g/mol. The summed E-state index contributed by atoms with van der Waals surface area (Å²) in [6, 6.07) is 71.7. The van der Waals surface area contributed by atoms with Crippen molar-refractivity contribution in [1.29, 1.82) is 0 Å². The third kappa shape index (κ3) is 6.52. The molecule has 0 fully saturated rings. The van der Waals surface area contributed by atoms with Gasteiger partial charge in [-0.15, -0.1) is 11.3 Å². The Morgan fingerprint density at radius 3 is 1.76 bits per heavy atom. The summed E-state index contributed by atoms with van der Waals surface area (Å²) < 4.78 is 8.22. The molecule has 1 unspecified atom stereocenters. The van der Waals surface area contributed by atoms with Crippen LogP contribution in [-0.2, 0) is 5.41 Å². The molecule has 9 aromatic carbocycles. The van der Waals surface area contributed by atoms with E-state index in [1.165, 1.54) is 47.6 Å². The summed E-state index contributed by atoms with van der Waals surface area (Å²) in [6.07, 6.45) is 6.93. The van der Waals surface area contributed by atoms with Gasteiger partial charge < -0.3 is 4.74 Å². The van der Waals surface area contributed by atoms with E-state index in [9.17, 15) is 0 Å². The standard InChI is InChI=1S/C62H43N3OS/c1-2-39-19-12-22-56-58(39)51-33-29-47(38-57(51)67-56)42-23-25-44(26-24-42)60-63-59(43-15-4-3-5-16-43)64-61(65-60)48-30-34-55-53(37-48)62(52-20-10-11-21-54(52)66-55,49-31-27-40-13-6-8-17-45(40)35-49)50-32-28-41-14-7-9-18-46(41)36-50/h3-18,20-39H,2,19H2,1H3. The van der Waals surface area contributed by atoms with Gasteiger partial charge in [-0.2, -0.15) is 0 Å². The Morgan fingerprint density at radius 2 is 1.06 bits per heavy atom. The SMILES string of the molecule is CCC1CC=Cc2sc3cc(-c4ccc(-c5nc(-c6ccccc6)nc(-c6ccc7c(c6)C(c6ccc8ccccc8c6)(c6ccc8ccccc8c6)c6ccccc6O7)n5)cc4)ccc3c21. The Kier molecular flexibility index (Phi) is 9.33. The minimum absolute atomic E-state index is 0.590. The molecule has 0 spiro atoms. The number of rotatable bonds is 7. The van der Waals surface area contributed by atoms with Crippen LogP contribution in [0, 0.1) is 0 Å². The van der Waals surface area contributed by atoms with Gasteiger partial charge in [0.25, 0.3) is 0 Å². The minimum atomic E-state index is -0.762. The molecule has 0 bridgehead atoms. The predicted molar refractivity (Wildman–Crippen MR) is 277 cm³/mol. The molecule has 2 aliphatic rings. The van der Waals surface area contributed by atoms with E-state index in [1.807, 2.05) is 29.5 Å². The zero-order chi connectivity index (χ0) is 44.5. The van der Waals surface area contributed by atoms with Crippen LogP contribution in [-0.4, -0.2) is 15.0 Å². The Hall–Kier alpha value is -7.99. The van der Waals surface area contributed by atoms with Gasteiger partial charge in [-0.1, -0.05) is 171 Å². The topological polar surface area (TPSA) is 47.9 Å². The fourth-order valence-electron chi connectivity index (χ4n) is 10.7. The van der Waals surface area contributed by atoms with E-state index in [0.717, 1.165) is 68.8 Å². The Morgan fingerprint density at radius 1 is 0.493 bits per heavy atom. The average Bonchev–Trinajstić information content (AvgIpc) is 3.78. The largest absolute Gasteiger partial charge is 0.457 e. The second-order valence-electron chi connectivity index (χ2n) is 17.8. The van der Waals surface area contributed by atoms with Crippen molar-refractivity contribution in [2.24, 2.45) is 0 Å². The van der Waals surface area contributed by atoms with Crippen LogP contribution in [0.5, 0.6) is 11.5 Å². The lowest BCUT2D eigenvalue weighted by Crippen LogP contribution is -2.34. The second kappa shape index (κ2) is 15.9. The molecule has 0 saturated carbocycles. The third-order valence-corrected chi connectivity index (χ3v) is 15.1. The Balaban J connectivity index is 0.975. The van der Waals surface area contributed by atoms with Gasteiger partial charge in [-0.05, 0) is 122 Å². The van der Waals surface area contributed by atoms with Crippen LogP contribution in [0.3, 0.4) is 0 Å². The van der Waals surface area contributed by atoms with Crippen molar-refractivity contribution in [1.82, 2.24) is 15.0 Å². The molecule has 1 atom stereocenters. The van der Waals surface area contributed by atoms with Gasteiger partial charge in [-0.25, -0.2) is 15.0 Å². The summed E-state index contributed by atoms with van der Waals surface area (Å²) >= 11 is 1.91. The molecule has 5 heteroatoms. The van der Waals surface area contributed by atoms with E-state index in [2.05, 4.69) is 201 Å². The quantitative estimate of drug-likeness (QED) is 0.160. The van der Waals surface area contributed by atoms with Gasteiger partial charge in [0.15, 0.2) is 17.5 Å². The maximum absolute atomic E-state index is 6.87. The first-order chi connectivity index (χ1) is 33.1. The monoisotopic (exact) mass is 877 g/mol. The lowest BCUT2D eigenvalue weighted by atomic mass is 9.63. The first-order valence-electron chi connectivity index (χ1n) is 23.2. The van der Waals surface area contributed by atoms with E-state index >= 15 is 0 Å². The fourth-order valence-corrected chi connectivity index (χ4v) is 11.9. The number of benzene rings is 9. The number of ether oxygens (including phenoxy) is 1. The minimum Gasteiger partial charge on any atom is -0.457 e. The second-order valence-corrected chi connectivity index (χ2v) is 18.9. The number of allylic oxidation sites excluding steroid dienone is 1. The van der Waals surface area contributed by atoms with Gasteiger partial charge >= 0.3 is 0 Å². The number of aromatic nitrogens is 3. The lowest BCUT2D eigenvalue weighted by molar-refractivity contribution is 0.435. The maximum atomic E-state index is 6.87. The molecular formula is C62H43N3OS. The highest BCUT2D eigenvalue weighted by molar-refractivity contribution is 7.20. The van der Waals surface area contributed by atoms with Crippen LogP contribution in [0.25, 0.3) is 83.0 Å². The number of fused-ring (bicyclic) bond motifs is 7. The normalized spacial score (nSPS) is 14.7. The summed E-state index contributed by atoms with van der Waals surface area (Å²) in [4.78, 5) is 17.1. The van der Waals surface area contributed by atoms with E-state index in [1.54, 1.807) is 0 Å². The van der Waals surface area contributed by atoms with Crippen LogP contribution >= 0.6 is 11.3 Å². The number of hydrogen-bond donors (Lipinski definition) is 0. The number of thiophene rings is 1. The first kappa shape index (κ1) is 39.4. The maximum Gasteiger partial charge on any atom is 0.164 e. The van der Waals surface area contributed by atoms with Gasteiger partial charge in [0.2, 0.25) is 0 Å². The summed E-state index contributed by atoms with van der Waals surface area (Å²) in [5.41, 5.74) is 10.2. The van der Waals surface area contributed by atoms with Crippen LogP contribution in [0.4, 0.5) is 0 Å². The van der Waals surface area contributed by atoms with Crippen molar-refractivity contribution >= 4 is 49.0 Å². The van der Waals surface area contributed by atoms with Gasteiger partial charge in [-0.3, -0.25) is 0 Å². The highest BCUT2D eigenvalue weighted by Gasteiger charge is 2.46. The summed E-state index contributed by atoms with van der Waals surface area (Å²) in [7, 11) is 0. The summed E-state index contributed by atoms with van der Waals surface area (Å²) in [6.45, 7) is 2.30. The van der Waals surface area contributed by atoms with Crippen molar-refractivity contribution in [2.45, 2.75) is 31.1 Å². The number of para-hydroxylation sites is 1. The van der Waals surface area contributed by atoms with Crippen LogP contribution in [0.1, 0.15) is 58.4 Å². The smallest absolute Gasteiger partial charge is 0.164 e. The van der Waals surface area contributed by atoms with E-state index < -0.39 is 5.41 Å². The molecule has 1 aliphatic heterocycles. The molecule has 0 saturated heterocycles. The van der Waals surface area contributed by atoms with Crippen molar-refractivity contribution in [3.8, 4) is 56.8 Å². The Bertz CT molecular complexity index is 3680. The van der Waals surface area contributed by atoms with Crippen LogP contribution < -0.4 is 4.74 Å². The molecule has 4 nitrogen and oxygen atoms in total. The molecule has 318 valence electrons.